The second kappa shape index (κ2) is 4.42. The van der Waals surface area contributed by atoms with Gasteiger partial charge in [-0.05, 0) is 6.92 Å². The molecule has 2 aromatic rings. The maximum Gasteiger partial charge on any atom is 0.304 e. The first-order chi connectivity index (χ1) is 8.08. The van der Waals surface area contributed by atoms with Gasteiger partial charge in [-0.3, -0.25) is 14.7 Å². The van der Waals surface area contributed by atoms with Gasteiger partial charge in [-0.2, -0.15) is 5.10 Å². The number of H-pyrrole nitrogens is 2. The van der Waals surface area contributed by atoms with Gasteiger partial charge in [0.2, 0.25) is 0 Å². The molecular formula is C9H11N5O2S. The van der Waals surface area contributed by atoms with Crippen molar-refractivity contribution >= 4 is 22.9 Å². The average molecular weight is 253 g/mol. The van der Waals surface area contributed by atoms with Gasteiger partial charge in [-0.1, -0.05) is 11.3 Å². The Labute approximate surface area is 100 Å². The molecule has 8 heteroatoms. The Hall–Kier alpha value is -2.09. The summed E-state index contributed by atoms with van der Waals surface area (Å²) in [6, 6.07) is 0. The fourth-order valence-corrected chi connectivity index (χ4v) is 1.85. The molecule has 17 heavy (non-hydrogen) atoms. The van der Waals surface area contributed by atoms with Crippen LogP contribution in [-0.4, -0.2) is 21.1 Å². The second-order valence-corrected chi connectivity index (χ2v) is 4.31. The quantitative estimate of drug-likeness (QED) is 0.615. The minimum absolute atomic E-state index is 0.149. The van der Waals surface area contributed by atoms with Crippen molar-refractivity contribution in [1.29, 1.82) is 0 Å². The number of carbonyl (C=O) groups excluding carboxylic acids is 1. The highest BCUT2D eigenvalue weighted by Gasteiger charge is 2.14. The smallest absolute Gasteiger partial charge is 0.304 e. The van der Waals surface area contributed by atoms with Gasteiger partial charge in [0.1, 0.15) is 0 Å². The van der Waals surface area contributed by atoms with Crippen LogP contribution >= 0.6 is 11.3 Å². The molecule has 2 heterocycles. The first kappa shape index (κ1) is 11.4. The largest absolute Gasteiger partial charge is 0.395 e. The van der Waals surface area contributed by atoms with Gasteiger partial charge < -0.3 is 16.0 Å². The molecule has 5 N–H and O–H groups in total. The number of nitrogens with one attached hydrogen (secondary N) is 3. The SMILES string of the molecule is Cc1[nH]nc(C(=O)NCc2csc(=O)[nH]2)c1N. The molecule has 1 amide bonds. The van der Waals surface area contributed by atoms with Crippen molar-refractivity contribution in [3.05, 3.63) is 32.1 Å². The molecule has 0 saturated heterocycles. The zero-order chi connectivity index (χ0) is 12.4. The van der Waals surface area contributed by atoms with E-state index in [9.17, 15) is 9.59 Å². The molecule has 0 spiro atoms. The van der Waals surface area contributed by atoms with E-state index in [-0.39, 0.29) is 23.0 Å². The van der Waals surface area contributed by atoms with Gasteiger partial charge in [-0.15, -0.1) is 0 Å². The van der Waals surface area contributed by atoms with E-state index in [1.807, 2.05) is 0 Å². The summed E-state index contributed by atoms with van der Waals surface area (Å²) in [4.78, 5) is 25.0. The number of thiazole rings is 1. The van der Waals surface area contributed by atoms with Crippen molar-refractivity contribution in [3.8, 4) is 0 Å². The predicted molar refractivity (Wildman–Crippen MR) is 63.8 cm³/mol. The number of hydrogen-bond acceptors (Lipinski definition) is 5. The topological polar surface area (TPSA) is 117 Å². The fourth-order valence-electron chi connectivity index (χ4n) is 1.27. The van der Waals surface area contributed by atoms with Crippen LogP contribution in [0.4, 0.5) is 5.69 Å². The molecule has 0 aliphatic heterocycles. The first-order valence-electron chi connectivity index (χ1n) is 4.83. The van der Waals surface area contributed by atoms with Crippen LogP contribution in [0.15, 0.2) is 10.2 Å². The van der Waals surface area contributed by atoms with Gasteiger partial charge in [0.25, 0.3) is 5.91 Å². The van der Waals surface area contributed by atoms with Crippen LogP contribution in [0.3, 0.4) is 0 Å². The number of aryl methyl sites for hydroxylation is 1. The molecule has 0 aliphatic carbocycles. The predicted octanol–water partition coefficient (Wildman–Crippen LogP) is -0.0199. The van der Waals surface area contributed by atoms with Gasteiger partial charge in [-0.25, -0.2) is 0 Å². The van der Waals surface area contributed by atoms with E-state index < -0.39 is 0 Å². The average Bonchev–Trinajstić information content (AvgIpc) is 2.84. The summed E-state index contributed by atoms with van der Waals surface area (Å²) in [6.45, 7) is 1.97. The van der Waals surface area contributed by atoms with Crippen LogP contribution in [0.2, 0.25) is 0 Å². The maximum absolute atomic E-state index is 11.7. The Kier molecular flexibility index (Phi) is 2.96. The summed E-state index contributed by atoms with van der Waals surface area (Å²) in [5.41, 5.74) is 7.47. The Morgan fingerprint density at radius 3 is 2.94 bits per heavy atom. The summed E-state index contributed by atoms with van der Waals surface area (Å²) in [6.07, 6.45) is 0. The zero-order valence-corrected chi connectivity index (χ0v) is 9.85. The highest BCUT2D eigenvalue weighted by molar-refractivity contribution is 7.07. The van der Waals surface area contributed by atoms with E-state index in [4.69, 9.17) is 5.73 Å². The minimum Gasteiger partial charge on any atom is -0.395 e. The molecule has 0 aliphatic rings. The minimum atomic E-state index is -0.376. The number of nitrogens with zero attached hydrogens (tertiary/aromatic N) is 1. The molecule has 7 nitrogen and oxygen atoms in total. The van der Waals surface area contributed by atoms with Gasteiger partial charge in [0, 0.05) is 11.1 Å². The highest BCUT2D eigenvalue weighted by atomic mass is 32.1. The molecule has 2 rings (SSSR count). The van der Waals surface area contributed by atoms with E-state index in [1.54, 1.807) is 12.3 Å². The summed E-state index contributed by atoms with van der Waals surface area (Å²) in [5.74, 6) is -0.376. The van der Waals surface area contributed by atoms with Crippen molar-refractivity contribution in [3.63, 3.8) is 0 Å². The number of aromatic amines is 2. The van der Waals surface area contributed by atoms with Gasteiger partial charge in [0.15, 0.2) is 5.69 Å². The van der Waals surface area contributed by atoms with E-state index in [0.29, 0.717) is 17.1 Å². The summed E-state index contributed by atoms with van der Waals surface area (Å²) >= 11 is 1.05. The van der Waals surface area contributed by atoms with Crippen LogP contribution in [0.1, 0.15) is 21.9 Å². The molecule has 0 saturated carbocycles. The van der Waals surface area contributed by atoms with Crippen molar-refractivity contribution < 1.29 is 4.79 Å². The lowest BCUT2D eigenvalue weighted by Crippen LogP contribution is -2.24. The number of rotatable bonds is 3. The van der Waals surface area contributed by atoms with Crippen LogP contribution in [0.5, 0.6) is 0 Å². The molecule has 0 unspecified atom stereocenters. The van der Waals surface area contributed by atoms with Crippen molar-refractivity contribution in [2.75, 3.05) is 5.73 Å². The Morgan fingerprint density at radius 1 is 1.65 bits per heavy atom. The number of carbonyl (C=O) groups is 1. The number of nitrogens with two attached hydrogens (primary N) is 1. The lowest BCUT2D eigenvalue weighted by Gasteiger charge is -2.01. The molecule has 0 fully saturated rings. The highest BCUT2D eigenvalue weighted by Crippen LogP contribution is 2.12. The Bertz CT molecular complexity index is 597. The van der Waals surface area contributed by atoms with Crippen molar-refractivity contribution in [2.24, 2.45) is 0 Å². The van der Waals surface area contributed by atoms with Crippen LogP contribution in [0.25, 0.3) is 0 Å². The van der Waals surface area contributed by atoms with E-state index in [1.165, 1.54) is 0 Å². The summed E-state index contributed by atoms with van der Waals surface area (Å²) in [5, 5.41) is 10.7. The monoisotopic (exact) mass is 253 g/mol. The molecular weight excluding hydrogens is 242 g/mol. The lowest BCUT2D eigenvalue weighted by molar-refractivity contribution is 0.0946. The van der Waals surface area contributed by atoms with Crippen LogP contribution < -0.4 is 15.9 Å². The number of amides is 1. The van der Waals surface area contributed by atoms with Crippen molar-refractivity contribution in [1.82, 2.24) is 20.5 Å². The molecule has 0 atom stereocenters. The summed E-state index contributed by atoms with van der Waals surface area (Å²) < 4.78 is 0. The summed E-state index contributed by atoms with van der Waals surface area (Å²) in [7, 11) is 0. The fraction of sp³-hybridized carbons (Fsp3) is 0.222. The van der Waals surface area contributed by atoms with E-state index in [2.05, 4.69) is 20.5 Å². The number of hydrogen-bond donors (Lipinski definition) is 4. The Balaban J connectivity index is 2.03. The standard InChI is InChI=1S/C9H11N5O2S/c1-4-6(10)7(14-13-4)8(15)11-2-5-3-17-9(16)12-5/h3H,2,10H2,1H3,(H,11,15)(H,12,16)(H,13,14). The van der Waals surface area contributed by atoms with Gasteiger partial charge in [0.05, 0.1) is 17.9 Å². The lowest BCUT2D eigenvalue weighted by atomic mass is 10.3. The van der Waals surface area contributed by atoms with Gasteiger partial charge >= 0.3 is 4.87 Å². The second-order valence-electron chi connectivity index (χ2n) is 3.47. The third-order valence-corrected chi connectivity index (χ3v) is 2.94. The molecule has 0 aromatic carbocycles. The van der Waals surface area contributed by atoms with Crippen LogP contribution in [0, 0.1) is 6.92 Å². The number of nitrogen functional groups attached to an aromatic ring is 1. The van der Waals surface area contributed by atoms with Crippen LogP contribution in [-0.2, 0) is 6.54 Å². The number of aromatic nitrogens is 3. The first-order valence-corrected chi connectivity index (χ1v) is 5.71. The Morgan fingerprint density at radius 2 is 2.41 bits per heavy atom. The third-order valence-electron chi connectivity index (χ3n) is 2.22. The molecule has 0 radical (unpaired) electrons. The number of anilines is 1. The molecule has 2 aromatic heterocycles. The van der Waals surface area contributed by atoms with Crippen molar-refractivity contribution in [2.45, 2.75) is 13.5 Å². The van der Waals surface area contributed by atoms with E-state index >= 15 is 0 Å². The maximum atomic E-state index is 11.7. The normalized spacial score (nSPS) is 10.4. The molecule has 0 bridgehead atoms. The zero-order valence-electron chi connectivity index (χ0n) is 9.03. The molecule has 90 valence electrons. The van der Waals surface area contributed by atoms with E-state index in [0.717, 1.165) is 11.3 Å². The third kappa shape index (κ3) is 2.36.